The molecule has 41 heavy (non-hydrogen) atoms. The van der Waals surface area contributed by atoms with E-state index in [2.05, 4.69) is 10.6 Å². The second-order valence-electron chi connectivity index (χ2n) is 10.6. The SMILES string of the molecule is C[C@@H]1CN([C@@H](C)CO)C(=O)Cc2cc(NC(=O)Cc3ccccc3)ccc2O[C@@H]1CN(C)C(=O)Nc1ccccc1. The maximum absolute atomic E-state index is 13.4. The van der Waals surface area contributed by atoms with Gasteiger partial charge in [-0.15, -0.1) is 0 Å². The third-order valence-corrected chi connectivity index (χ3v) is 7.23. The van der Waals surface area contributed by atoms with Crippen LogP contribution in [0, 0.1) is 5.92 Å². The first-order valence-electron chi connectivity index (χ1n) is 13.8. The van der Waals surface area contributed by atoms with Crippen LogP contribution in [0.2, 0.25) is 0 Å². The molecular weight excluding hydrogens is 520 g/mol. The maximum Gasteiger partial charge on any atom is 0.321 e. The number of carbonyl (C=O) groups is 3. The minimum Gasteiger partial charge on any atom is -0.488 e. The molecule has 0 fully saturated rings. The maximum atomic E-state index is 13.4. The van der Waals surface area contributed by atoms with Crippen LogP contribution in [0.3, 0.4) is 0 Å². The van der Waals surface area contributed by atoms with Crippen molar-refractivity contribution in [3.8, 4) is 5.75 Å². The van der Waals surface area contributed by atoms with E-state index in [1.54, 1.807) is 42.0 Å². The van der Waals surface area contributed by atoms with Gasteiger partial charge >= 0.3 is 6.03 Å². The molecular formula is C32H38N4O5. The Morgan fingerprint density at radius 3 is 2.39 bits per heavy atom. The number of para-hydroxylation sites is 1. The van der Waals surface area contributed by atoms with E-state index in [4.69, 9.17) is 4.74 Å². The number of benzene rings is 3. The molecule has 0 aliphatic carbocycles. The van der Waals surface area contributed by atoms with Crippen molar-refractivity contribution in [2.24, 2.45) is 5.92 Å². The molecule has 3 aromatic rings. The van der Waals surface area contributed by atoms with Gasteiger partial charge in [0.15, 0.2) is 0 Å². The van der Waals surface area contributed by atoms with Crippen LogP contribution in [0.5, 0.6) is 5.75 Å². The fraction of sp³-hybridized carbons (Fsp3) is 0.344. The molecule has 9 heteroatoms. The average Bonchev–Trinajstić information content (AvgIpc) is 3.01. The number of amides is 4. The van der Waals surface area contributed by atoms with Crippen LogP contribution in [-0.2, 0) is 22.4 Å². The Morgan fingerprint density at radius 1 is 1.02 bits per heavy atom. The lowest BCUT2D eigenvalue weighted by Gasteiger charge is -2.34. The van der Waals surface area contributed by atoms with Crippen LogP contribution in [-0.4, -0.2) is 71.6 Å². The lowest BCUT2D eigenvalue weighted by molar-refractivity contribution is -0.134. The fourth-order valence-corrected chi connectivity index (χ4v) is 4.80. The third-order valence-electron chi connectivity index (χ3n) is 7.23. The first-order chi connectivity index (χ1) is 19.7. The lowest BCUT2D eigenvalue weighted by atomic mass is 10.0. The van der Waals surface area contributed by atoms with Crippen LogP contribution >= 0.6 is 0 Å². The van der Waals surface area contributed by atoms with Crippen molar-refractivity contribution in [2.75, 3.05) is 37.4 Å². The summed E-state index contributed by atoms with van der Waals surface area (Å²) < 4.78 is 6.49. The first kappa shape index (κ1) is 29.6. The van der Waals surface area contributed by atoms with Crippen molar-refractivity contribution in [1.29, 1.82) is 0 Å². The number of ether oxygens (including phenoxy) is 1. The molecule has 3 N–H and O–H groups in total. The summed E-state index contributed by atoms with van der Waals surface area (Å²) in [6.45, 7) is 4.23. The highest BCUT2D eigenvalue weighted by atomic mass is 16.5. The second kappa shape index (κ2) is 13.8. The van der Waals surface area contributed by atoms with Gasteiger partial charge in [-0.2, -0.15) is 0 Å². The number of hydrogen-bond acceptors (Lipinski definition) is 5. The van der Waals surface area contributed by atoms with E-state index in [-0.39, 0.29) is 55.8 Å². The van der Waals surface area contributed by atoms with E-state index in [9.17, 15) is 19.5 Å². The Bertz CT molecular complexity index is 1330. The van der Waals surface area contributed by atoms with E-state index in [1.165, 1.54) is 0 Å². The van der Waals surface area contributed by atoms with E-state index in [1.807, 2.05) is 67.6 Å². The van der Waals surface area contributed by atoms with Gasteiger partial charge in [0.25, 0.3) is 0 Å². The number of aliphatic hydroxyl groups is 1. The van der Waals surface area contributed by atoms with E-state index in [0.29, 0.717) is 29.2 Å². The predicted molar refractivity (Wildman–Crippen MR) is 159 cm³/mol. The topological polar surface area (TPSA) is 111 Å². The van der Waals surface area contributed by atoms with Crippen LogP contribution in [0.15, 0.2) is 78.9 Å². The highest BCUT2D eigenvalue weighted by Crippen LogP contribution is 2.29. The van der Waals surface area contributed by atoms with Crippen molar-refractivity contribution >= 4 is 29.2 Å². The summed E-state index contributed by atoms with van der Waals surface area (Å²) >= 11 is 0. The molecule has 0 unspecified atom stereocenters. The molecule has 0 saturated heterocycles. The van der Waals surface area contributed by atoms with Gasteiger partial charge < -0.3 is 30.3 Å². The van der Waals surface area contributed by atoms with Gasteiger partial charge in [-0.05, 0) is 42.8 Å². The highest BCUT2D eigenvalue weighted by molar-refractivity contribution is 5.93. The lowest BCUT2D eigenvalue weighted by Crippen LogP contribution is -2.48. The molecule has 3 aromatic carbocycles. The van der Waals surface area contributed by atoms with Crippen molar-refractivity contribution in [1.82, 2.24) is 9.80 Å². The van der Waals surface area contributed by atoms with Crippen molar-refractivity contribution in [2.45, 2.75) is 38.8 Å². The third kappa shape index (κ3) is 8.08. The van der Waals surface area contributed by atoms with Crippen LogP contribution in [0.25, 0.3) is 0 Å². The molecule has 4 amide bonds. The zero-order valence-corrected chi connectivity index (χ0v) is 23.7. The predicted octanol–water partition coefficient (Wildman–Crippen LogP) is 4.18. The molecule has 0 radical (unpaired) electrons. The zero-order valence-electron chi connectivity index (χ0n) is 23.7. The molecule has 1 aliphatic heterocycles. The molecule has 4 rings (SSSR count). The zero-order chi connectivity index (χ0) is 29.4. The van der Waals surface area contributed by atoms with Crippen molar-refractivity contribution in [3.63, 3.8) is 0 Å². The minimum atomic E-state index is -0.446. The summed E-state index contributed by atoms with van der Waals surface area (Å²) in [5.74, 6) is 0.0501. The number of likely N-dealkylation sites (N-methyl/N-ethyl adjacent to an activating group) is 1. The van der Waals surface area contributed by atoms with E-state index in [0.717, 1.165) is 5.56 Å². The molecule has 0 aromatic heterocycles. The number of aliphatic hydroxyl groups excluding tert-OH is 1. The average molecular weight is 559 g/mol. The minimum absolute atomic E-state index is 0.0475. The van der Waals surface area contributed by atoms with Crippen LogP contribution < -0.4 is 15.4 Å². The van der Waals surface area contributed by atoms with Gasteiger partial charge in [0.1, 0.15) is 11.9 Å². The largest absolute Gasteiger partial charge is 0.488 e. The standard InChI is InChI=1S/C32H38N4O5/c1-22-19-36(23(2)21-37)31(39)18-25-17-27(33-30(38)16-24-10-6-4-7-11-24)14-15-28(25)41-29(22)20-35(3)32(40)34-26-12-8-5-9-13-26/h4-15,17,22-23,29,37H,16,18-21H2,1-3H3,(H,33,38)(H,34,40)/t22-,23+,29-/m1/s1. The summed E-state index contributed by atoms with van der Waals surface area (Å²) in [6.07, 6.45) is -0.170. The molecule has 0 bridgehead atoms. The number of rotatable bonds is 8. The molecule has 1 heterocycles. The molecule has 216 valence electrons. The summed E-state index contributed by atoms with van der Waals surface area (Å²) in [6, 6.07) is 23.3. The molecule has 0 saturated carbocycles. The van der Waals surface area contributed by atoms with Crippen LogP contribution in [0.4, 0.5) is 16.2 Å². The second-order valence-corrected chi connectivity index (χ2v) is 10.6. The quantitative estimate of drug-likeness (QED) is 0.384. The van der Waals surface area contributed by atoms with Gasteiger partial charge in [0, 0.05) is 36.4 Å². The highest BCUT2D eigenvalue weighted by Gasteiger charge is 2.32. The summed E-state index contributed by atoms with van der Waals surface area (Å²) in [5.41, 5.74) is 2.77. The number of carbonyl (C=O) groups excluding carboxylic acids is 3. The van der Waals surface area contributed by atoms with E-state index >= 15 is 0 Å². The number of anilines is 2. The number of nitrogens with zero attached hydrogens (tertiary/aromatic N) is 2. The van der Waals surface area contributed by atoms with Crippen LogP contribution in [0.1, 0.15) is 25.0 Å². The van der Waals surface area contributed by atoms with Gasteiger partial charge in [-0.1, -0.05) is 55.5 Å². The van der Waals surface area contributed by atoms with Crippen molar-refractivity contribution < 1.29 is 24.2 Å². The molecule has 1 aliphatic rings. The van der Waals surface area contributed by atoms with Gasteiger partial charge in [-0.3, -0.25) is 9.59 Å². The Labute approximate surface area is 241 Å². The fourth-order valence-electron chi connectivity index (χ4n) is 4.80. The molecule has 9 nitrogen and oxygen atoms in total. The summed E-state index contributed by atoms with van der Waals surface area (Å²) in [7, 11) is 1.70. The van der Waals surface area contributed by atoms with E-state index < -0.39 is 6.10 Å². The monoisotopic (exact) mass is 558 g/mol. The summed E-state index contributed by atoms with van der Waals surface area (Å²) in [5, 5.41) is 15.7. The normalized spacial score (nSPS) is 17.7. The Balaban J connectivity index is 1.56. The first-order valence-corrected chi connectivity index (χ1v) is 13.8. The Hall–Kier alpha value is -4.37. The van der Waals surface area contributed by atoms with Gasteiger partial charge in [0.05, 0.1) is 32.0 Å². The van der Waals surface area contributed by atoms with Gasteiger partial charge in [0.2, 0.25) is 11.8 Å². The molecule has 0 spiro atoms. The Kier molecular flexibility index (Phi) is 9.97. The van der Waals surface area contributed by atoms with Crippen molar-refractivity contribution in [3.05, 3.63) is 90.0 Å². The Morgan fingerprint density at radius 2 is 1.71 bits per heavy atom. The smallest absolute Gasteiger partial charge is 0.321 e. The molecule has 3 atom stereocenters. The number of fused-ring (bicyclic) bond motifs is 1. The summed E-state index contributed by atoms with van der Waals surface area (Å²) in [4.78, 5) is 42.3. The van der Waals surface area contributed by atoms with Gasteiger partial charge in [-0.25, -0.2) is 4.79 Å². The number of urea groups is 1. The number of nitrogens with one attached hydrogen (secondary N) is 2. The number of hydrogen-bond donors (Lipinski definition) is 3.